The third-order valence-corrected chi connectivity index (χ3v) is 5.70. The van der Waals surface area contributed by atoms with Gasteiger partial charge in [0, 0.05) is 31.7 Å². The maximum atomic E-state index is 13.0. The van der Waals surface area contributed by atoms with Crippen molar-refractivity contribution >= 4 is 12.0 Å². The molecule has 1 aliphatic carbocycles. The van der Waals surface area contributed by atoms with Crippen LogP contribution in [-0.2, 0) is 9.53 Å². The summed E-state index contributed by atoms with van der Waals surface area (Å²) in [6, 6.07) is -0.638. The number of halogens is 3. The van der Waals surface area contributed by atoms with E-state index in [-0.39, 0.29) is 11.5 Å². The first kappa shape index (κ1) is 18.3. The molecule has 6 nitrogen and oxygen atoms in total. The summed E-state index contributed by atoms with van der Waals surface area (Å²) < 4.78 is 44.8. The molecule has 0 radical (unpaired) electrons. The minimum absolute atomic E-state index is 0.0704. The average Bonchev–Trinajstić information content (AvgIpc) is 3.10. The van der Waals surface area contributed by atoms with Crippen molar-refractivity contribution in [2.75, 3.05) is 26.2 Å². The molecule has 2 unspecified atom stereocenters. The Labute approximate surface area is 143 Å². The number of rotatable bonds is 4. The van der Waals surface area contributed by atoms with Gasteiger partial charge in [-0.25, -0.2) is 4.79 Å². The van der Waals surface area contributed by atoms with Gasteiger partial charge in [-0.05, 0) is 25.2 Å². The van der Waals surface area contributed by atoms with Crippen molar-refractivity contribution < 1.29 is 32.6 Å². The van der Waals surface area contributed by atoms with Gasteiger partial charge in [-0.1, -0.05) is 6.92 Å². The third kappa shape index (κ3) is 3.70. The van der Waals surface area contributed by atoms with Gasteiger partial charge in [0.05, 0.1) is 17.9 Å². The summed E-state index contributed by atoms with van der Waals surface area (Å²) in [6.45, 7) is 1.91. The molecule has 0 spiro atoms. The molecule has 25 heavy (non-hydrogen) atoms. The van der Waals surface area contributed by atoms with Crippen LogP contribution in [-0.4, -0.2) is 60.5 Å². The van der Waals surface area contributed by atoms with E-state index in [0.717, 1.165) is 24.2 Å². The van der Waals surface area contributed by atoms with Gasteiger partial charge in [-0.3, -0.25) is 4.79 Å². The Morgan fingerprint density at radius 3 is 2.52 bits per heavy atom. The molecule has 2 saturated heterocycles. The van der Waals surface area contributed by atoms with E-state index in [1.165, 1.54) is 0 Å². The fraction of sp³-hybridized carbons (Fsp3) is 0.875. The number of carboxylic acid groups (broad SMARTS) is 1. The Hall–Kier alpha value is -1.51. The molecule has 9 heteroatoms. The van der Waals surface area contributed by atoms with Crippen LogP contribution in [0, 0.1) is 23.2 Å². The van der Waals surface area contributed by atoms with Crippen LogP contribution in [0.2, 0.25) is 0 Å². The SMILES string of the molecule is CC1(CNC(=O)N2C[C@@H](C(F)(F)F)[C@H](C(=O)O)C2)CCOC1C1CC1. The molecule has 4 atom stereocenters. The molecule has 3 aliphatic rings. The summed E-state index contributed by atoms with van der Waals surface area (Å²) in [4.78, 5) is 24.3. The lowest BCUT2D eigenvalue weighted by molar-refractivity contribution is -0.187. The lowest BCUT2D eigenvalue weighted by Gasteiger charge is -2.31. The number of ether oxygens (including phenoxy) is 1. The number of likely N-dealkylation sites (tertiary alicyclic amines) is 1. The van der Waals surface area contributed by atoms with Crippen LogP contribution >= 0.6 is 0 Å². The van der Waals surface area contributed by atoms with Crippen LogP contribution in [0.15, 0.2) is 0 Å². The number of nitrogens with zero attached hydrogens (tertiary/aromatic N) is 1. The highest BCUT2D eigenvalue weighted by molar-refractivity contribution is 5.77. The molecule has 0 aromatic rings. The molecule has 0 bridgehead atoms. The molecule has 0 aromatic heterocycles. The average molecular weight is 364 g/mol. The van der Waals surface area contributed by atoms with Gasteiger partial charge >= 0.3 is 18.2 Å². The van der Waals surface area contributed by atoms with E-state index in [9.17, 15) is 22.8 Å². The monoisotopic (exact) mass is 364 g/mol. The Morgan fingerprint density at radius 2 is 2.00 bits per heavy atom. The van der Waals surface area contributed by atoms with Crippen molar-refractivity contribution in [1.29, 1.82) is 0 Å². The number of alkyl halides is 3. The first-order valence-corrected chi connectivity index (χ1v) is 8.56. The topological polar surface area (TPSA) is 78.9 Å². The number of carbonyl (C=O) groups excluding carboxylic acids is 1. The van der Waals surface area contributed by atoms with Crippen LogP contribution in [0.3, 0.4) is 0 Å². The zero-order chi connectivity index (χ0) is 18.4. The number of carbonyl (C=O) groups is 2. The number of amides is 2. The quantitative estimate of drug-likeness (QED) is 0.801. The molecule has 2 aliphatic heterocycles. The second kappa shape index (κ2) is 6.34. The molecule has 2 N–H and O–H groups in total. The van der Waals surface area contributed by atoms with Gasteiger partial charge in [-0.2, -0.15) is 13.2 Å². The van der Waals surface area contributed by atoms with Gasteiger partial charge in [0.25, 0.3) is 0 Å². The van der Waals surface area contributed by atoms with Gasteiger partial charge in [0.15, 0.2) is 0 Å². The number of nitrogens with one attached hydrogen (secondary N) is 1. The van der Waals surface area contributed by atoms with E-state index in [2.05, 4.69) is 5.32 Å². The minimum Gasteiger partial charge on any atom is -0.481 e. The lowest BCUT2D eigenvalue weighted by atomic mass is 9.81. The zero-order valence-electron chi connectivity index (χ0n) is 14.0. The molecular formula is C16H23F3N2O4. The Balaban J connectivity index is 1.59. The highest BCUT2D eigenvalue weighted by Gasteiger charge is 2.54. The number of hydrogen-bond donors (Lipinski definition) is 2. The molecule has 2 heterocycles. The minimum atomic E-state index is -4.64. The van der Waals surface area contributed by atoms with Crippen LogP contribution in [0.1, 0.15) is 26.2 Å². The lowest BCUT2D eigenvalue weighted by Crippen LogP contribution is -2.46. The summed E-state index contributed by atoms with van der Waals surface area (Å²) in [7, 11) is 0. The molecule has 1 saturated carbocycles. The van der Waals surface area contributed by atoms with E-state index >= 15 is 0 Å². The van der Waals surface area contributed by atoms with E-state index in [0.29, 0.717) is 19.1 Å². The maximum absolute atomic E-state index is 13.0. The molecule has 3 fully saturated rings. The van der Waals surface area contributed by atoms with Crippen molar-refractivity contribution in [3.8, 4) is 0 Å². The predicted molar refractivity (Wildman–Crippen MR) is 80.8 cm³/mol. The Morgan fingerprint density at radius 1 is 1.32 bits per heavy atom. The summed E-state index contributed by atoms with van der Waals surface area (Å²) in [5.41, 5.74) is -0.230. The summed E-state index contributed by atoms with van der Waals surface area (Å²) in [5, 5.41) is 11.7. The third-order valence-electron chi connectivity index (χ3n) is 5.70. The molecular weight excluding hydrogens is 341 g/mol. The first-order chi connectivity index (χ1) is 11.6. The normalized spacial score (nSPS) is 35.8. The van der Waals surface area contributed by atoms with Crippen LogP contribution in [0.4, 0.5) is 18.0 Å². The number of aliphatic carboxylic acids is 1. The van der Waals surface area contributed by atoms with Crippen LogP contribution in [0.25, 0.3) is 0 Å². The van der Waals surface area contributed by atoms with Gasteiger partial charge in [0.1, 0.15) is 0 Å². The zero-order valence-corrected chi connectivity index (χ0v) is 14.0. The van der Waals surface area contributed by atoms with Crippen LogP contribution < -0.4 is 5.32 Å². The van der Waals surface area contributed by atoms with Crippen molar-refractivity contribution in [3.63, 3.8) is 0 Å². The second-order valence-electron chi connectivity index (χ2n) is 7.69. The van der Waals surface area contributed by atoms with E-state index in [4.69, 9.17) is 9.84 Å². The molecule has 142 valence electrons. The second-order valence-corrected chi connectivity index (χ2v) is 7.69. The molecule has 0 aromatic carbocycles. The molecule has 3 rings (SSSR count). The number of hydrogen-bond acceptors (Lipinski definition) is 3. The van der Waals surface area contributed by atoms with Gasteiger partial charge in [0.2, 0.25) is 0 Å². The van der Waals surface area contributed by atoms with E-state index in [1.807, 2.05) is 6.92 Å². The van der Waals surface area contributed by atoms with Crippen molar-refractivity contribution in [1.82, 2.24) is 10.2 Å². The van der Waals surface area contributed by atoms with Gasteiger partial charge in [-0.15, -0.1) is 0 Å². The standard InChI is InChI=1S/C16H23F3N2O4/c1-15(4-5-25-12(15)9-2-3-9)8-20-14(24)21-6-10(13(22)23)11(7-21)16(17,18)19/h9-12H,2-8H2,1H3,(H,20,24)(H,22,23)/t10-,11-,12?,15?/m1/s1. The van der Waals surface area contributed by atoms with Crippen LogP contribution in [0.5, 0.6) is 0 Å². The number of urea groups is 1. The Bertz CT molecular complexity index is 552. The summed E-state index contributed by atoms with van der Waals surface area (Å²) in [6.07, 6.45) is -1.57. The highest BCUT2D eigenvalue weighted by Crippen LogP contribution is 2.47. The predicted octanol–water partition coefficient (Wildman–Crippen LogP) is 2.10. The smallest absolute Gasteiger partial charge is 0.394 e. The fourth-order valence-electron chi connectivity index (χ4n) is 4.00. The first-order valence-electron chi connectivity index (χ1n) is 8.56. The van der Waals surface area contributed by atoms with E-state index < -0.39 is 43.1 Å². The largest absolute Gasteiger partial charge is 0.481 e. The maximum Gasteiger partial charge on any atom is 0.394 e. The highest BCUT2D eigenvalue weighted by atomic mass is 19.4. The Kier molecular flexibility index (Phi) is 4.63. The van der Waals surface area contributed by atoms with Gasteiger partial charge < -0.3 is 20.1 Å². The van der Waals surface area contributed by atoms with Crippen molar-refractivity contribution in [3.05, 3.63) is 0 Å². The summed E-state index contributed by atoms with van der Waals surface area (Å²) >= 11 is 0. The van der Waals surface area contributed by atoms with Crippen molar-refractivity contribution in [2.45, 2.75) is 38.5 Å². The fourth-order valence-corrected chi connectivity index (χ4v) is 4.00. The van der Waals surface area contributed by atoms with Crippen molar-refractivity contribution in [2.24, 2.45) is 23.2 Å². The number of carboxylic acids is 1. The summed E-state index contributed by atoms with van der Waals surface area (Å²) in [5.74, 6) is -4.67. The van der Waals surface area contributed by atoms with E-state index in [1.54, 1.807) is 0 Å². The molecule has 2 amide bonds.